The van der Waals surface area contributed by atoms with Crippen LogP contribution in [0.3, 0.4) is 0 Å². The summed E-state index contributed by atoms with van der Waals surface area (Å²) in [5, 5.41) is 16.4. The lowest BCUT2D eigenvalue weighted by Gasteiger charge is -1.93. The number of carboxylic acid groups (broad SMARTS) is 1. The van der Waals surface area contributed by atoms with Crippen molar-refractivity contribution in [3.63, 3.8) is 0 Å². The van der Waals surface area contributed by atoms with Gasteiger partial charge in [0.25, 0.3) is 0 Å². The second kappa shape index (κ2) is 5.42. The fourth-order valence-corrected chi connectivity index (χ4v) is 3.50. The molecule has 0 aliphatic carbocycles. The maximum absolute atomic E-state index is 10.4. The molecule has 84 valence electrons. The number of carboxylic acids is 1. The van der Waals surface area contributed by atoms with Gasteiger partial charge in [-0.15, -0.1) is 28.2 Å². The van der Waals surface area contributed by atoms with E-state index < -0.39 is 5.97 Å². The lowest BCUT2D eigenvalue weighted by atomic mass is 10.3. The average Bonchev–Trinajstić information content (AvgIpc) is 2.85. The molecule has 2 rings (SSSR count). The van der Waals surface area contributed by atoms with Crippen molar-refractivity contribution in [1.82, 2.24) is 9.59 Å². The van der Waals surface area contributed by atoms with E-state index in [1.54, 1.807) is 23.1 Å². The normalized spacial score (nSPS) is 10.5. The second-order valence-electron chi connectivity index (χ2n) is 2.94. The van der Waals surface area contributed by atoms with Gasteiger partial charge in [-0.25, -0.2) is 0 Å². The zero-order valence-corrected chi connectivity index (χ0v) is 10.6. The summed E-state index contributed by atoms with van der Waals surface area (Å²) >= 11 is 4.49. The molecule has 0 unspecified atom stereocenters. The molecule has 0 atom stereocenters. The molecule has 2 aromatic rings. The van der Waals surface area contributed by atoms with Crippen LogP contribution < -0.4 is 0 Å². The molecule has 0 saturated carbocycles. The lowest BCUT2D eigenvalue weighted by molar-refractivity contribution is -0.136. The number of thioether (sulfide) groups is 1. The van der Waals surface area contributed by atoms with Gasteiger partial charge in [0, 0.05) is 22.1 Å². The molecule has 1 N–H and O–H groups in total. The Morgan fingerprint density at radius 3 is 3.06 bits per heavy atom. The molecule has 4 nitrogen and oxygen atoms in total. The van der Waals surface area contributed by atoms with Gasteiger partial charge >= 0.3 is 5.97 Å². The van der Waals surface area contributed by atoms with Crippen LogP contribution in [0.25, 0.3) is 11.3 Å². The summed E-state index contributed by atoms with van der Waals surface area (Å²) in [6, 6.07) is 2.02. The minimum absolute atomic E-state index is 0.191. The predicted molar refractivity (Wildman–Crippen MR) is 66.2 cm³/mol. The van der Waals surface area contributed by atoms with Crippen LogP contribution in [0.2, 0.25) is 0 Å². The number of carbonyl (C=O) groups is 1. The van der Waals surface area contributed by atoms with Crippen molar-refractivity contribution in [2.24, 2.45) is 0 Å². The molecule has 0 saturated heterocycles. The van der Waals surface area contributed by atoms with Crippen LogP contribution in [0.1, 0.15) is 6.42 Å². The molecule has 0 spiro atoms. The molecule has 0 aliphatic heterocycles. The highest BCUT2D eigenvalue weighted by atomic mass is 32.2. The van der Waals surface area contributed by atoms with E-state index in [0.717, 1.165) is 15.5 Å². The van der Waals surface area contributed by atoms with Gasteiger partial charge in [0.05, 0.1) is 10.6 Å². The molecular formula is C9H8N2O2S3. The summed E-state index contributed by atoms with van der Waals surface area (Å²) in [5.74, 6) is -0.155. The summed E-state index contributed by atoms with van der Waals surface area (Å²) in [6.45, 7) is 0. The number of thiophene rings is 1. The van der Waals surface area contributed by atoms with Gasteiger partial charge in [-0.1, -0.05) is 4.49 Å². The van der Waals surface area contributed by atoms with Crippen molar-refractivity contribution in [1.29, 1.82) is 0 Å². The maximum atomic E-state index is 10.4. The number of nitrogens with zero attached hydrogens (tertiary/aromatic N) is 2. The predicted octanol–water partition coefficient (Wildman–Crippen LogP) is 2.83. The van der Waals surface area contributed by atoms with Crippen LogP contribution in [0.15, 0.2) is 21.0 Å². The Balaban J connectivity index is 1.95. The number of aromatic nitrogens is 2. The topological polar surface area (TPSA) is 63.1 Å². The highest BCUT2D eigenvalue weighted by molar-refractivity contribution is 8.01. The van der Waals surface area contributed by atoms with Gasteiger partial charge in [0.2, 0.25) is 0 Å². The maximum Gasteiger partial charge on any atom is 0.304 e. The molecule has 2 aromatic heterocycles. The van der Waals surface area contributed by atoms with Crippen LogP contribution >= 0.6 is 34.6 Å². The molecule has 0 amide bonds. The molecule has 16 heavy (non-hydrogen) atoms. The zero-order valence-electron chi connectivity index (χ0n) is 8.12. The Morgan fingerprint density at radius 1 is 1.50 bits per heavy atom. The van der Waals surface area contributed by atoms with E-state index in [4.69, 9.17) is 5.11 Å². The third-order valence-electron chi connectivity index (χ3n) is 1.79. The summed E-state index contributed by atoms with van der Waals surface area (Å²) in [4.78, 5) is 10.4. The minimum atomic E-state index is -0.756. The van der Waals surface area contributed by atoms with Crippen LogP contribution in [-0.4, -0.2) is 26.4 Å². The molecule has 0 aliphatic rings. The van der Waals surface area contributed by atoms with E-state index in [2.05, 4.69) is 9.59 Å². The monoisotopic (exact) mass is 272 g/mol. The molecule has 7 heteroatoms. The van der Waals surface area contributed by atoms with Crippen LogP contribution in [0.5, 0.6) is 0 Å². The Kier molecular flexibility index (Phi) is 3.92. The zero-order chi connectivity index (χ0) is 11.4. The van der Waals surface area contributed by atoms with Gasteiger partial charge in [0.15, 0.2) is 0 Å². The first-order valence-electron chi connectivity index (χ1n) is 4.46. The molecule has 0 fully saturated rings. The SMILES string of the molecule is O=C(O)CCSc1cc(-c2csnn2)cs1. The van der Waals surface area contributed by atoms with E-state index in [0.29, 0.717) is 5.75 Å². The summed E-state index contributed by atoms with van der Waals surface area (Å²) in [7, 11) is 0. The molecule has 0 radical (unpaired) electrons. The largest absolute Gasteiger partial charge is 0.481 e. The summed E-state index contributed by atoms with van der Waals surface area (Å²) in [5.41, 5.74) is 1.93. The summed E-state index contributed by atoms with van der Waals surface area (Å²) < 4.78 is 4.92. The molecule has 0 bridgehead atoms. The highest BCUT2D eigenvalue weighted by Crippen LogP contribution is 2.31. The van der Waals surface area contributed by atoms with Crippen molar-refractivity contribution >= 4 is 40.6 Å². The fourth-order valence-electron chi connectivity index (χ4n) is 1.06. The van der Waals surface area contributed by atoms with E-state index in [1.807, 2.05) is 16.8 Å². The van der Waals surface area contributed by atoms with E-state index in [1.165, 1.54) is 11.5 Å². The van der Waals surface area contributed by atoms with E-state index in [-0.39, 0.29) is 6.42 Å². The highest BCUT2D eigenvalue weighted by Gasteiger charge is 2.06. The van der Waals surface area contributed by atoms with Crippen LogP contribution in [-0.2, 0) is 4.79 Å². The van der Waals surface area contributed by atoms with Crippen molar-refractivity contribution in [2.45, 2.75) is 10.6 Å². The Bertz CT molecular complexity index is 467. The van der Waals surface area contributed by atoms with Gasteiger partial charge < -0.3 is 5.11 Å². The number of aliphatic carboxylic acids is 1. The third-order valence-corrected chi connectivity index (χ3v) is 4.47. The second-order valence-corrected chi connectivity index (χ2v) is 5.85. The van der Waals surface area contributed by atoms with E-state index in [9.17, 15) is 4.79 Å². The number of hydrogen-bond donors (Lipinski definition) is 1. The van der Waals surface area contributed by atoms with Crippen molar-refractivity contribution in [3.8, 4) is 11.3 Å². The van der Waals surface area contributed by atoms with Gasteiger partial charge in [-0.05, 0) is 17.6 Å². The first kappa shape index (κ1) is 11.6. The lowest BCUT2D eigenvalue weighted by Crippen LogP contribution is -1.95. The third kappa shape index (κ3) is 3.03. The quantitative estimate of drug-likeness (QED) is 0.848. The van der Waals surface area contributed by atoms with Gasteiger partial charge in [-0.2, -0.15) is 0 Å². The Labute approximate surface area is 104 Å². The van der Waals surface area contributed by atoms with Crippen molar-refractivity contribution in [2.75, 3.05) is 5.75 Å². The fraction of sp³-hybridized carbons (Fsp3) is 0.222. The standard InChI is InChI=1S/C9H8N2O2S3/c12-8(13)1-2-14-9-3-6(4-15-9)7-5-16-11-10-7/h3-5H,1-2H2,(H,12,13). The van der Waals surface area contributed by atoms with E-state index >= 15 is 0 Å². The first-order chi connectivity index (χ1) is 7.75. The van der Waals surface area contributed by atoms with Crippen LogP contribution in [0, 0.1) is 0 Å². The Morgan fingerprint density at radius 2 is 2.38 bits per heavy atom. The Hall–Kier alpha value is -0.920. The van der Waals surface area contributed by atoms with Gasteiger partial charge in [-0.3, -0.25) is 4.79 Å². The smallest absolute Gasteiger partial charge is 0.304 e. The molecule has 2 heterocycles. The molecular weight excluding hydrogens is 264 g/mol. The van der Waals surface area contributed by atoms with Crippen molar-refractivity contribution in [3.05, 3.63) is 16.8 Å². The number of rotatable bonds is 5. The number of hydrogen-bond acceptors (Lipinski definition) is 6. The average molecular weight is 272 g/mol. The van der Waals surface area contributed by atoms with Crippen molar-refractivity contribution < 1.29 is 9.90 Å². The first-order valence-corrected chi connectivity index (χ1v) is 7.16. The molecule has 0 aromatic carbocycles. The van der Waals surface area contributed by atoms with Crippen LogP contribution in [0.4, 0.5) is 0 Å². The minimum Gasteiger partial charge on any atom is -0.481 e. The summed E-state index contributed by atoms with van der Waals surface area (Å²) in [6.07, 6.45) is 0.191. The van der Waals surface area contributed by atoms with Gasteiger partial charge in [0.1, 0.15) is 5.69 Å².